The molecule has 0 aliphatic carbocycles. The molecule has 1 fully saturated rings. The van der Waals surface area contributed by atoms with Crippen molar-refractivity contribution in [2.75, 3.05) is 13.1 Å². The van der Waals surface area contributed by atoms with Gasteiger partial charge in [-0.05, 0) is 11.6 Å². The standard InChI is InChI=1S/C10H15N3O/c11-4-10-8(2-1-3-12-10)5-13-6-9(14)7-13/h1-3,9,14H,4-7,11H2. The molecule has 14 heavy (non-hydrogen) atoms. The molecule has 1 aliphatic rings. The van der Waals surface area contributed by atoms with Crippen LogP contribution in [0.3, 0.4) is 0 Å². The van der Waals surface area contributed by atoms with E-state index in [1.165, 1.54) is 5.56 Å². The molecule has 4 heteroatoms. The van der Waals surface area contributed by atoms with Crippen LogP contribution in [0, 0.1) is 0 Å². The van der Waals surface area contributed by atoms with Gasteiger partial charge in [0.15, 0.2) is 0 Å². The van der Waals surface area contributed by atoms with Gasteiger partial charge in [-0.15, -0.1) is 0 Å². The molecule has 76 valence electrons. The number of aliphatic hydroxyl groups is 1. The highest BCUT2D eigenvalue weighted by atomic mass is 16.3. The number of rotatable bonds is 3. The number of β-amino-alcohol motifs (C(OH)–C–C–N with tert-alkyl or cyclic N) is 1. The molecule has 1 aromatic rings. The predicted octanol–water partition coefficient (Wildman–Crippen LogP) is -0.283. The van der Waals surface area contributed by atoms with Gasteiger partial charge in [0, 0.05) is 32.4 Å². The summed E-state index contributed by atoms with van der Waals surface area (Å²) in [6.45, 7) is 2.85. The summed E-state index contributed by atoms with van der Waals surface area (Å²) in [5.41, 5.74) is 7.70. The van der Waals surface area contributed by atoms with Gasteiger partial charge < -0.3 is 10.8 Å². The monoisotopic (exact) mass is 193 g/mol. The van der Waals surface area contributed by atoms with Crippen LogP contribution >= 0.6 is 0 Å². The average Bonchev–Trinajstić information content (AvgIpc) is 2.16. The van der Waals surface area contributed by atoms with Crippen molar-refractivity contribution >= 4 is 0 Å². The predicted molar refractivity (Wildman–Crippen MR) is 53.4 cm³/mol. The Hall–Kier alpha value is -0.970. The molecule has 1 aliphatic heterocycles. The van der Waals surface area contributed by atoms with Crippen molar-refractivity contribution in [2.45, 2.75) is 19.2 Å². The summed E-state index contributed by atoms with van der Waals surface area (Å²) >= 11 is 0. The Morgan fingerprint density at radius 2 is 2.36 bits per heavy atom. The van der Waals surface area contributed by atoms with E-state index < -0.39 is 0 Å². The van der Waals surface area contributed by atoms with E-state index in [9.17, 15) is 0 Å². The lowest BCUT2D eigenvalue weighted by molar-refractivity contribution is -0.00306. The fraction of sp³-hybridized carbons (Fsp3) is 0.500. The number of aromatic nitrogens is 1. The van der Waals surface area contributed by atoms with E-state index in [2.05, 4.69) is 9.88 Å². The molecule has 0 saturated carbocycles. The van der Waals surface area contributed by atoms with Gasteiger partial charge in [-0.1, -0.05) is 6.07 Å². The maximum Gasteiger partial charge on any atom is 0.0794 e. The number of likely N-dealkylation sites (tertiary alicyclic amines) is 1. The van der Waals surface area contributed by atoms with Gasteiger partial charge in [-0.25, -0.2) is 0 Å². The highest BCUT2D eigenvalue weighted by Crippen LogP contribution is 2.14. The van der Waals surface area contributed by atoms with Crippen molar-refractivity contribution in [3.8, 4) is 0 Å². The van der Waals surface area contributed by atoms with Crippen LogP contribution in [0.25, 0.3) is 0 Å². The molecule has 2 rings (SSSR count). The van der Waals surface area contributed by atoms with Crippen LogP contribution in [-0.4, -0.2) is 34.2 Å². The molecule has 0 radical (unpaired) electrons. The van der Waals surface area contributed by atoms with E-state index in [0.717, 1.165) is 25.3 Å². The number of hydrogen-bond donors (Lipinski definition) is 2. The second kappa shape index (κ2) is 4.04. The fourth-order valence-corrected chi connectivity index (χ4v) is 1.71. The van der Waals surface area contributed by atoms with Crippen molar-refractivity contribution in [1.82, 2.24) is 9.88 Å². The highest BCUT2D eigenvalue weighted by Gasteiger charge is 2.24. The van der Waals surface area contributed by atoms with Gasteiger partial charge in [0.05, 0.1) is 11.8 Å². The zero-order valence-electron chi connectivity index (χ0n) is 8.06. The Morgan fingerprint density at radius 1 is 1.57 bits per heavy atom. The van der Waals surface area contributed by atoms with Gasteiger partial charge in [0.25, 0.3) is 0 Å². The van der Waals surface area contributed by atoms with Gasteiger partial charge in [0.2, 0.25) is 0 Å². The molecule has 4 nitrogen and oxygen atoms in total. The van der Waals surface area contributed by atoms with E-state index >= 15 is 0 Å². The first kappa shape index (κ1) is 9.58. The summed E-state index contributed by atoms with van der Waals surface area (Å²) in [4.78, 5) is 6.39. The summed E-state index contributed by atoms with van der Waals surface area (Å²) in [6, 6.07) is 3.96. The Morgan fingerprint density at radius 3 is 3.00 bits per heavy atom. The Balaban J connectivity index is 2.01. The van der Waals surface area contributed by atoms with Gasteiger partial charge in [-0.2, -0.15) is 0 Å². The van der Waals surface area contributed by atoms with E-state index in [-0.39, 0.29) is 6.10 Å². The summed E-state index contributed by atoms with van der Waals surface area (Å²) < 4.78 is 0. The van der Waals surface area contributed by atoms with Crippen LogP contribution in [0.2, 0.25) is 0 Å². The number of nitrogens with zero attached hydrogens (tertiary/aromatic N) is 2. The lowest BCUT2D eigenvalue weighted by Gasteiger charge is -2.36. The van der Waals surface area contributed by atoms with Crippen LogP contribution in [-0.2, 0) is 13.1 Å². The first-order valence-electron chi connectivity index (χ1n) is 4.83. The summed E-state index contributed by atoms with van der Waals surface area (Å²) in [7, 11) is 0. The third-order valence-electron chi connectivity index (χ3n) is 2.51. The molecule has 2 heterocycles. The minimum atomic E-state index is -0.145. The van der Waals surface area contributed by atoms with E-state index in [1.54, 1.807) is 6.20 Å². The molecule has 0 atom stereocenters. The number of aliphatic hydroxyl groups excluding tert-OH is 1. The average molecular weight is 193 g/mol. The van der Waals surface area contributed by atoms with Crippen molar-refractivity contribution in [3.63, 3.8) is 0 Å². The molecule has 3 N–H and O–H groups in total. The summed E-state index contributed by atoms with van der Waals surface area (Å²) in [5, 5.41) is 9.14. The lowest BCUT2D eigenvalue weighted by Crippen LogP contribution is -2.49. The van der Waals surface area contributed by atoms with Crippen LogP contribution in [0.15, 0.2) is 18.3 Å². The molecule has 0 bridgehead atoms. The molecule has 0 aromatic carbocycles. The topological polar surface area (TPSA) is 62.4 Å². The smallest absolute Gasteiger partial charge is 0.0794 e. The SMILES string of the molecule is NCc1ncccc1CN1CC(O)C1. The first-order chi connectivity index (χ1) is 6.79. The fourth-order valence-electron chi connectivity index (χ4n) is 1.71. The maximum atomic E-state index is 9.14. The van der Waals surface area contributed by atoms with Gasteiger partial charge >= 0.3 is 0 Å². The number of hydrogen-bond acceptors (Lipinski definition) is 4. The molecular formula is C10H15N3O. The Bertz CT molecular complexity index is 310. The third-order valence-corrected chi connectivity index (χ3v) is 2.51. The van der Waals surface area contributed by atoms with Crippen LogP contribution in [0.4, 0.5) is 0 Å². The summed E-state index contributed by atoms with van der Waals surface area (Å²) in [6.07, 6.45) is 1.62. The molecule has 1 aromatic heterocycles. The van der Waals surface area contributed by atoms with Crippen LogP contribution < -0.4 is 5.73 Å². The largest absolute Gasteiger partial charge is 0.390 e. The first-order valence-corrected chi connectivity index (χ1v) is 4.83. The minimum absolute atomic E-state index is 0.145. The second-order valence-corrected chi connectivity index (χ2v) is 3.66. The van der Waals surface area contributed by atoms with E-state index in [1.807, 2.05) is 12.1 Å². The quantitative estimate of drug-likeness (QED) is 0.693. The minimum Gasteiger partial charge on any atom is -0.390 e. The van der Waals surface area contributed by atoms with Gasteiger partial charge in [0.1, 0.15) is 0 Å². The number of pyridine rings is 1. The normalized spacial score (nSPS) is 18.1. The molecule has 1 saturated heterocycles. The zero-order valence-corrected chi connectivity index (χ0v) is 8.06. The molecule has 0 amide bonds. The third kappa shape index (κ3) is 1.92. The maximum absolute atomic E-state index is 9.14. The van der Waals surface area contributed by atoms with Crippen LogP contribution in [0.1, 0.15) is 11.3 Å². The van der Waals surface area contributed by atoms with E-state index in [0.29, 0.717) is 6.54 Å². The van der Waals surface area contributed by atoms with Gasteiger partial charge in [-0.3, -0.25) is 9.88 Å². The van der Waals surface area contributed by atoms with E-state index in [4.69, 9.17) is 10.8 Å². The number of nitrogens with two attached hydrogens (primary N) is 1. The zero-order chi connectivity index (χ0) is 9.97. The molecule has 0 spiro atoms. The Labute approximate surface area is 83.4 Å². The molecular weight excluding hydrogens is 178 g/mol. The lowest BCUT2D eigenvalue weighted by atomic mass is 10.1. The Kier molecular flexibility index (Phi) is 2.77. The van der Waals surface area contributed by atoms with Crippen molar-refractivity contribution in [3.05, 3.63) is 29.6 Å². The van der Waals surface area contributed by atoms with Crippen molar-refractivity contribution in [1.29, 1.82) is 0 Å². The molecule has 0 unspecified atom stereocenters. The van der Waals surface area contributed by atoms with Crippen molar-refractivity contribution < 1.29 is 5.11 Å². The summed E-state index contributed by atoms with van der Waals surface area (Å²) in [5.74, 6) is 0. The van der Waals surface area contributed by atoms with Crippen molar-refractivity contribution in [2.24, 2.45) is 5.73 Å². The van der Waals surface area contributed by atoms with Crippen LogP contribution in [0.5, 0.6) is 0 Å². The second-order valence-electron chi connectivity index (χ2n) is 3.66. The highest BCUT2D eigenvalue weighted by molar-refractivity contribution is 5.19.